The van der Waals surface area contributed by atoms with E-state index in [2.05, 4.69) is 5.32 Å². The second-order valence-corrected chi connectivity index (χ2v) is 7.21. The lowest BCUT2D eigenvalue weighted by atomic mass is 10.0. The summed E-state index contributed by atoms with van der Waals surface area (Å²) in [5, 5.41) is 17.2. The van der Waals surface area contributed by atoms with Gasteiger partial charge in [-0.25, -0.2) is 9.53 Å². The van der Waals surface area contributed by atoms with E-state index < -0.39 is 16.1 Å². The van der Waals surface area contributed by atoms with E-state index in [4.69, 9.17) is 5.14 Å². The Hall–Kier alpha value is -3.43. The lowest BCUT2D eigenvalue weighted by Gasteiger charge is -2.10. The quantitative estimate of drug-likeness (QED) is 0.388. The molecule has 0 radical (unpaired) electrons. The zero-order valence-electron chi connectivity index (χ0n) is 14.4. The van der Waals surface area contributed by atoms with Crippen LogP contribution in [0.2, 0.25) is 0 Å². The van der Waals surface area contributed by atoms with Crippen molar-refractivity contribution in [2.75, 3.05) is 10.0 Å². The van der Waals surface area contributed by atoms with Crippen molar-refractivity contribution >= 4 is 27.5 Å². The summed E-state index contributed by atoms with van der Waals surface area (Å²) in [6.45, 7) is 0. The highest BCUT2D eigenvalue weighted by Gasteiger charge is 2.11. The summed E-state index contributed by atoms with van der Waals surface area (Å²) in [5.41, 5.74) is 2.09. The SMILES string of the molecule is NS(=O)(=O)Nc1cc(NC(=O)c2ccc(-c3ccc(F)cc3)cc2)ccc1O. The summed E-state index contributed by atoms with van der Waals surface area (Å²) in [5.74, 6) is -1.10. The predicted octanol–water partition coefficient (Wildman–Crippen LogP) is 3.07. The molecule has 0 atom stereocenters. The minimum absolute atomic E-state index is 0.160. The molecule has 0 bridgehead atoms. The molecule has 3 rings (SSSR count). The van der Waals surface area contributed by atoms with Crippen molar-refractivity contribution in [3.63, 3.8) is 0 Å². The number of carbonyl (C=O) groups excluding carboxylic acids is 1. The number of halogens is 1. The molecule has 144 valence electrons. The smallest absolute Gasteiger partial charge is 0.296 e. The highest BCUT2D eigenvalue weighted by molar-refractivity contribution is 7.90. The Kier molecular flexibility index (Phi) is 5.30. The molecule has 0 aliphatic rings. The highest BCUT2D eigenvalue weighted by atomic mass is 32.2. The van der Waals surface area contributed by atoms with Gasteiger partial charge in [-0.15, -0.1) is 0 Å². The third-order valence-electron chi connectivity index (χ3n) is 3.83. The summed E-state index contributed by atoms with van der Waals surface area (Å²) < 4.78 is 37.2. The van der Waals surface area contributed by atoms with Crippen LogP contribution in [-0.4, -0.2) is 19.4 Å². The molecule has 0 heterocycles. The van der Waals surface area contributed by atoms with Crippen LogP contribution in [0.3, 0.4) is 0 Å². The minimum Gasteiger partial charge on any atom is -0.506 e. The standard InChI is InChI=1S/C19H16FN3O4S/c20-15-7-5-13(6-8-15)12-1-3-14(4-2-12)19(25)22-16-9-10-18(24)17(11-16)23-28(21,26)27/h1-11,23-24H,(H,22,25)(H2,21,26,27). The van der Waals surface area contributed by atoms with E-state index in [1.54, 1.807) is 36.4 Å². The summed E-state index contributed by atoms with van der Waals surface area (Å²) >= 11 is 0. The number of carbonyl (C=O) groups is 1. The van der Waals surface area contributed by atoms with Gasteiger partial charge in [-0.2, -0.15) is 8.42 Å². The van der Waals surface area contributed by atoms with Gasteiger partial charge in [-0.1, -0.05) is 24.3 Å². The number of phenolic OH excluding ortho intramolecular Hbond substituents is 1. The molecule has 0 spiro atoms. The van der Waals surface area contributed by atoms with E-state index in [9.17, 15) is 22.7 Å². The third-order valence-corrected chi connectivity index (χ3v) is 4.34. The van der Waals surface area contributed by atoms with E-state index in [1.165, 1.54) is 30.3 Å². The Labute approximate surface area is 160 Å². The van der Waals surface area contributed by atoms with Gasteiger partial charge in [-0.3, -0.25) is 9.52 Å². The zero-order valence-corrected chi connectivity index (χ0v) is 15.2. The molecule has 0 aromatic heterocycles. The van der Waals surface area contributed by atoms with Crippen LogP contribution in [0.4, 0.5) is 15.8 Å². The van der Waals surface area contributed by atoms with Gasteiger partial charge in [0.2, 0.25) is 0 Å². The second-order valence-electron chi connectivity index (χ2n) is 5.92. The number of amides is 1. The lowest BCUT2D eigenvalue weighted by molar-refractivity contribution is 0.102. The van der Waals surface area contributed by atoms with Crippen LogP contribution in [0.1, 0.15) is 10.4 Å². The van der Waals surface area contributed by atoms with Gasteiger partial charge in [0.25, 0.3) is 16.1 Å². The van der Waals surface area contributed by atoms with Gasteiger partial charge in [0.15, 0.2) is 0 Å². The molecule has 9 heteroatoms. The van der Waals surface area contributed by atoms with E-state index in [0.29, 0.717) is 5.56 Å². The number of hydrogen-bond donors (Lipinski definition) is 4. The predicted molar refractivity (Wildman–Crippen MR) is 105 cm³/mol. The Balaban J connectivity index is 1.76. The van der Waals surface area contributed by atoms with Crippen molar-refractivity contribution in [2.45, 2.75) is 0 Å². The summed E-state index contributed by atoms with van der Waals surface area (Å²) in [7, 11) is -4.08. The molecular weight excluding hydrogens is 385 g/mol. The topological polar surface area (TPSA) is 122 Å². The first-order valence-corrected chi connectivity index (χ1v) is 9.57. The second kappa shape index (κ2) is 7.67. The highest BCUT2D eigenvalue weighted by Crippen LogP contribution is 2.27. The Bertz CT molecular complexity index is 1110. The molecule has 3 aromatic carbocycles. The first-order chi connectivity index (χ1) is 13.2. The number of phenols is 1. The van der Waals surface area contributed by atoms with Crippen LogP contribution in [0.25, 0.3) is 11.1 Å². The lowest BCUT2D eigenvalue weighted by Crippen LogP contribution is -2.22. The maximum Gasteiger partial charge on any atom is 0.296 e. The maximum absolute atomic E-state index is 13.0. The van der Waals surface area contributed by atoms with E-state index >= 15 is 0 Å². The molecule has 0 saturated heterocycles. The number of anilines is 2. The molecule has 0 aliphatic carbocycles. The minimum atomic E-state index is -4.08. The van der Waals surface area contributed by atoms with E-state index in [0.717, 1.165) is 11.1 Å². The van der Waals surface area contributed by atoms with E-state index in [1.807, 2.05) is 4.72 Å². The van der Waals surface area contributed by atoms with Crippen LogP contribution in [0.15, 0.2) is 66.7 Å². The van der Waals surface area contributed by atoms with Crippen molar-refractivity contribution in [3.8, 4) is 16.9 Å². The van der Waals surface area contributed by atoms with Crippen LogP contribution >= 0.6 is 0 Å². The van der Waals surface area contributed by atoms with Crippen LogP contribution in [0.5, 0.6) is 5.75 Å². The van der Waals surface area contributed by atoms with Crippen molar-refractivity contribution in [2.24, 2.45) is 5.14 Å². The van der Waals surface area contributed by atoms with Crippen molar-refractivity contribution in [1.82, 2.24) is 0 Å². The maximum atomic E-state index is 13.0. The van der Waals surface area contributed by atoms with Gasteiger partial charge < -0.3 is 10.4 Å². The molecule has 0 fully saturated rings. The molecule has 1 amide bonds. The molecule has 3 aromatic rings. The molecule has 0 saturated carbocycles. The third kappa shape index (κ3) is 4.84. The zero-order chi connectivity index (χ0) is 20.3. The fraction of sp³-hybridized carbons (Fsp3) is 0. The van der Waals surface area contributed by atoms with Crippen LogP contribution in [-0.2, 0) is 10.2 Å². The molecular formula is C19H16FN3O4S. The van der Waals surface area contributed by atoms with Gasteiger partial charge in [0.05, 0.1) is 5.69 Å². The molecule has 7 nitrogen and oxygen atoms in total. The number of benzene rings is 3. The number of nitrogens with two attached hydrogens (primary N) is 1. The summed E-state index contributed by atoms with van der Waals surface area (Å²) in [4.78, 5) is 12.4. The fourth-order valence-electron chi connectivity index (χ4n) is 2.51. The van der Waals surface area contributed by atoms with Crippen molar-refractivity contribution in [3.05, 3.63) is 78.1 Å². The fourth-order valence-corrected chi connectivity index (χ4v) is 2.98. The number of rotatable bonds is 5. The Morgan fingerprint density at radius 1 is 0.929 bits per heavy atom. The van der Waals surface area contributed by atoms with Gasteiger partial charge in [0.1, 0.15) is 11.6 Å². The van der Waals surface area contributed by atoms with Gasteiger partial charge in [0, 0.05) is 11.3 Å². The average molecular weight is 401 g/mol. The number of hydrogen-bond acceptors (Lipinski definition) is 4. The van der Waals surface area contributed by atoms with Crippen molar-refractivity contribution < 1.29 is 22.7 Å². The first kappa shape index (κ1) is 19.3. The average Bonchev–Trinajstić information content (AvgIpc) is 2.64. The largest absolute Gasteiger partial charge is 0.506 e. The Morgan fingerprint density at radius 2 is 1.50 bits per heavy atom. The van der Waals surface area contributed by atoms with Gasteiger partial charge in [-0.05, 0) is 53.6 Å². The first-order valence-electron chi connectivity index (χ1n) is 8.02. The number of aromatic hydroxyl groups is 1. The summed E-state index contributed by atoms with van der Waals surface area (Å²) in [6.07, 6.45) is 0. The van der Waals surface area contributed by atoms with E-state index in [-0.39, 0.29) is 22.9 Å². The molecule has 28 heavy (non-hydrogen) atoms. The Morgan fingerprint density at radius 3 is 2.07 bits per heavy atom. The molecule has 0 aliphatic heterocycles. The number of nitrogens with one attached hydrogen (secondary N) is 2. The molecule has 0 unspecified atom stereocenters. The summed E-state index contributed by atoms with van der Waals surface area (Å²) in [6, 6.07) is 16.5. The monoisotopic (exact) mass is 401 g/mol. The normalized spacial score (nSPS) is 11.1. The molecule has 5 N–H and O–H groups in total. The van der Waals surface area contributed by atoms with Crippen LogP contribution < -0.4 is 15.2 Å². The van der Waals surface area contributed by atoms with Gasteiger partial charge >= 0.3 is 0 Å². The van der Waals surface area contributed by atoms with Crippen LogP contribution in [0, 0.1) is 5.82 Å². The van der Waals surface area contributed by atoms with Crippen molar-refractivity contribution in [1.29, 1.82) is 0 Å².